The second-order valence-corrected chi connectivity index (χ2v) is 1.34. The standard InChI is InChI=1S/C3H8O.C2H4O.C2H4.3CH4/c1-2-3-4;1-2-3-1;1-2;;;/h4H,2-3H2,1H3;1-2H2;1-2H2;3*1H4. The summed E-state index contributed by atoms with van der Waals surface area (Å²) >= 11 is 0. The monoisotopic (exact) mass is 180 g/mol. The highest BCUT2D eigenvalue weighted by Gasteiger charge is 1.94. The Labute approximate surface area is 79.3 Å². The van der Waals surface area contributed by atoms with Crippen LogP contribution in [-0.2, 0) is 4.74 Å². The minimum Gasteiger partial charge on any atom is -0.396 e. The molecule has 0 saturated carbocycles. The van der Waals surface area contributed by atoms with E-state index in [-0.39, 0.29) is 22.3 Å². The molecule has 2 heteroatoms. The third-order valence-electron chi connectivity index (χ3n) is 0.428. The molecular weight excluding hydrogens is 152 g/mol. The van der Waals surface area contributed by atoms with Gasteiger partial charge in [-0.05, 0) is 6.42 Å². The van der Waals surface area contributed by atoms with Crippen LogP contribution >= 0.6 is 0 Å². The fourth-order valence-corrected chi connectivity index (χ4v) is 0. The van der Waals surface area contributed by atoms with E-state index < -0.39 is 0 Å². The van der Waals surface area contributed by atoms with Crippen LogP contribution < -0.4 is 0 Å². The van der Waals surface area contributed by atoms with E-state index in [2.05, 4.69) is 17.9 Å². The summed E-state index contributed by atoms with van der Waals surface area (Å²) in [5, 5.41) is 7.88. The molecule has 0 amide bonds. The summed E-state index contributed by atoms with van der Waals surface area (Å²) in [5.74, 6) is 0. The van der Waals surface area contributed by atoms with Gasteiger partial charge in [0, 0.05) is 6.61 Å². The number of ether oxygens (including phenoxy) is 1. The van der Waals surface area contributed by atoms with Gasteiger partial charge >= 0.3 is 0 Å². The lowest BCUT2D eigenvalue weighted by molar-refractivity contribution is 0.295. The van der Waals surface area contributed by atoms with Gasteiger partial charge in [0.1, 0.15) is 0 Å². The molecule has 0 unspecified atom stereocenters. The third-order valence-corrected chi connectivity index (χ3v) is 0.428. The third kappa shape index (κ3) is 263. The van der Waals surface area contributed by atoms with Crippen LogP contribution in [0.1, 0.15) is 35.6 Å². The molecular formula is C10H28O2. The zero-order valence-corrected chi connectivity index (χ0v) is 6.10. The number of epoxide rings is 1. The van der Waals surface area contributed by atoms with Gasteiger partial charge in [0.2, 0.25) is 0 Å². The van der Waals surface area contributed by atoms with Crippen LogP contribution in [0.5, 0.6) is 0 Å². The first-order chi connectivity index (χ1) is 4.41. The van der Waals surface area contributed by atoms with Crippen molar-refractivity contribution in [3.8, 4) is 0 Å². The fraction of sp³-hybridized carbons (Fsp3) is 0.800. The second kappa shape index (κ2) is 45.8. The molecule has 0 aromatic rings. The van der Waals surface area contributed by atoms with Crippen LogP contribution in [0.3, 0.4) is 0 Å². The van der Waals surface area contributed by atoms with E-state index in [0.717, 1.165) is 19.6 Å². The number of hydrogen-bond donors (Lipinski definition) is 1. The molecule has 0 atom stereocenters. The van der Waals surface area contributed by atoms with Crippen LogP contribution in [0.25, 0.3) is 0 Å². The molecule has 0 spiro atoms. The highest BCUT2D eigenvalue weighted by Crippen LogP contribution is 1.84. The maximum Gasteiger partial charge on any atom is 0.0701 e. The van der Waals surface area contributed by atoms with Crippen LogP contribution in [0.15, 0.2) is 13.2 Å². The van der Waals surface area contributed by atoms with E-state index >= 15 is 0 Å². The summed E-state index contributed by atoms with van der Waals surface area (Å²) < 4.78 is 4.50. The fourth-order valence-electron chi connectivity index (χ4n) is 0. The lowest BCUT2D eigenvalue weighted by Crippen LogP contribution is -1.69. The number of aliphatic hydroxyl groups excluding tert-OH is 1. The lowest BCUT2D eigenvalue weighted by atomic mass is 10.5. The highest BCUT2D eigenvalue weighted by molar-refractivity contribution is 4.36. The van der Waals surface area contributed by atoms with Crippen molar-refractivity contribution in [2.45, 2.75) is 35.6 Å². The zero-order valence-electron chi connectivity index (χ0n) is 6.10. The molecule has 0 bridgehead atoms. The number of aliphatic hydroxyl groups is 1. The molecule has 1 heterocycles. The number of rotatable bonds is 1. The van der Waals surface area contributed by atoms with Crippen molar-refractivity contribution in [1.29, 1.82) is 0 Å². The minimum absolute atomic E-state index is 0. The normalized spacial score (nSPS) is 8.83. The molecule has 0 radical (unpaired) electrons. The molecule has 0 aliphatic carbocycles. The summed E-state index contributed by atoms with van der Waals surface area (Å²) in [6.07, 6.45) is 0.875. The average molecular weight is 180 g/mol. The minimum atomic E-state index is 0. The molecule has 1 aliphatic heterocycles. The Kier molecular flexibility index (Phi) is 114. The largest absolute Gasteiger partial charge is 0.396 e. The maximum absolute atomic E-state index is 7.88. The average Bonchev–Trinajstić information content (AvgIpc) is 2.77. The Morgan fingerprint density at radius 2 is 1.33 bits per heavy atom. The number of hydrogen-bond acceptors (Lipinski definition) is 2. The first-order valence-corrected chi connectivity index (χ1v) is 3.10. The van der Waals surface area contributed by atoms with Crippen LogP contribution in [0.4, 0.5) is 0 Å². The molecule has 0 aromatic carbocycles. The summed E-state index contributed by atoms with van der Waals surface area (Å²) in [6.45, 7) is 10.2. The predicted octanol–water partition coefficient (Wildman–Crippen LogP) is 3.12. The molecule has 1 fully saturated rings. The van der Waals surface area contributed by atoms with Crippen molar-refractivity contribution in [1.82, 2.24) is 0 Å². The molecule has 80 valence electrons. The van der Waals surface area contributed by atoms with E-state index in [4.69, 9.17) is 5.11 Å². The van der Waals surface area contributed by atoms with E-state index in [9.17, 15) is 0 Å². The molecule has 1 aliphatic rings. The van der Waals surface area contributed by atoms with Crippen molar-refractivity contribution < 1.29 is 9.84 Å². The lowest BCUT2D eigenvalue weighted by Gasteiger charge is -1.69. The molecule has 1 rings (SSSR count). The Morgan fingerprint density at radius 3 is 1.33 bits per heavy atom. The van der Waals surface area contributed by atoms with Crippen LogP contribution in [0, 0.1) is 0 Å². The first kappa shape index (κ1) is 29.9. The van der Waals surface area contributed by atoms with Crippen molar-refractivity contribution in [2.75, 3.05) is 19.8 Å². The Hall–Kier alpha value is -0.340. The molecule has 12 heavy (non-hydrogen) atoms. The first-order valence-electron chi connectivity index (χ1n) is 3.10. The van der Waals surface area contributed by atoms with Gasteiger partial charge < -0.3 is 9.84 Å². The Bertz CT molecular complexity index is 32.1. The van der Waals surface area contributed by atoms with Gasteiger partial charge in [0.25, 0.3) is 0 Å². The molecule has 2 nitrogen and oxygen atoms in total. The Balaban J connectivity index is -0.0000000189. The van der Waals surface area contributed by atoms with Gasteiger partial charge in [0.15, 0.2) is 0 Å². The van der Waals surface area contributed by atoms with Gasteiger partial charge in [-0.2, -0.15) is 0 Å². The summed E-state index contributed by atoms with van der Waals surface area (Å²) in [4.78, 5) is 0. The summed E-state index contributed by atoms with van der Waals surface area (Å²) in [5.41, 5.74) is 0. The predicted molar refractivity (Wildman–Crippen MR) is 59.6 cm³/mol. The maximum atomic E-state index is 7.88. The van der Waals surface area contributed by atoms with E-state index in [0.29, 0.717) is 6.61 Å². The molecule has 0 aromatic heterocycles. The van der Waals surface area contributed by atoms with E-state index in [1.54, 1.807) is 0 Å². The highest BCUT2D eigenvalue weighted by atomic mass is 16.6. The topological polar surface area (TPSA) is 32.8 Å². The van der Waals surface area contributed by atoms with Gasteiger partial charge in [-0.3, -0.25) is 0 Å². The van der Waals surface area contributed by atoms with Crippen LogP contribution in [-0.4, -0.2) is 24.9 Å². The smallest absolute Gasteiger partial charge is 0.0701 e. The van der Waals surface area contributed by atoms with E-state index in [1.807, 2.05) is 6.92 Å². The van der Waals surface area contributed by atoms with Gasteiger partial charge in [-0.1, -0.05) is 29.2 Å². The van der Waals surface area contributed by atoms with E-state index in [1.165, 1.54) is 0 Å². The zero-order chi connectivity index (χ0) is 7.54. The van der Waals surface area contributed by atoms with Crippen molar-refractivity contribution in [3.63, 3.8) is 0 Å². The SMILES string of the molecule is C.C.C.C1CO1.C=C.CCCO. The second-order valence-electron chi connectivity index (χ2n) is 1.34. The summed E-state index contributed by atoms with van der Waals surface area (Å²) in [7, 11) is 0. The molecule has 1 saturated heterocycles. The Morgan fingerprint density at radius 1 is 1.17 bits per heavy atom. The van der Waals surface area contributed by atoms with Gasteiger partial charge in [-0.15, -0.1) is 13.2 Å². The van der Waals surface area contributed by atoms with Crippen molar-refractivity contribution >= 4 is 0 Å². The summed E-state index contributed by atoms with van der Waals surface area (Å²) in [6, 6.07) is 0. The van der Waals surface area contributed by atoms with Crippen LogP contribution in [0.2, 0.25) is 0 Å². The quantitative estimate of drug-likeness (QED) is 0.497. The van der Waals surface area contributed by atoms with Gasteiger partial charge in [0.05, 0.1) is 13.2 Å². The van der Waals surface area contributed by atoms with Crippen molar-refractivity contribution in [2.24, 2.45) is 0 Å². The molecule has 1 N–H and O–H groups in total. The van der Waals surface area contributed by atoms with Gasteiger partial charge in [-0.25, -0.2) is 0 Å². The van der Waals surface area contributed by atoms with Crippen molar-refractivity contribution in [3.05, 3.63) is 13.2 Å².